The molecule has 0 aliphatic carbocycles. The number of hydrogen-bond donors (Lipinski definition) is 0. The Bertz CT molecular complexity index is 319. The van der Waals surface area contributed by atoms with E-state index in [0.717, 1.165) is 19.3 Å². The van der Waals surface area contributed by atoms with Crippen LogP contribution in [-0.2, 0) is 23.7 Å². The molecule has 0 bridgehead atoms. The van der Waals surface area contributed by atoms with E-state index in [2.05, 4.69) is 13.2 Å². The minimum absolute atomic E-state index is 0.0393. The monoisotopic (exact) mass is 284 g/mol. The van der Waals surface area contributed by atoms with Crippen LogP contribution in [-0.4, -0.2) is 51.2 Å². The van der Waals surface area contributed by atoms with Crippen LogP contribution >= 0.6 is 0 Å². The topological polar surface area (TPSA) is 46.2 Å². The van der Waals surface area contributed by atoms with Gasteiger partial charge in [-0.1, -0.05) is 12.2 Å². The summed E-state index contributed by atoms with van der Waals surface area (Å²) in [5.41, 5.74) is 0. The second-order valence-corrected chi connectivity index (χ2v) is 4.97. The molecular weight excluding hydrogens is 260 g/mol. The minimum atomic E-state index is -0.355. The lowest BCUT2D eigenvalue weighted by atomic mass is 10.0. The smallest absolute Gasteiger partial charge is 0.189 e. The number of unbranched alkanes of at least 4 members (excludes halogenated alkanes) is 1. The number of rotatable bonds is 9. The molecule has 2 heterocycles. The van der Waals surface area contributed by atoms with Gasteiger partial charge in [0.1, 0.15) is 18.3 Å². The predicted octanol–water partition coefficient (Wildman–Crippen LogP) is 2.03. The highest BCUT2D eigenvalue weighted by molar-refractivity contribution is 4.95. The lowest BCUT2D eigenvalue weighted by Gasteiger charge is -2.27. The molecule has 0 aromatic carbocycles. The van der Waals surface area contributed by atoms with Gasteiger partial charge in [0.2, 0.25) is 0 Å². The Morgan fingerprint density at radius 2 is 2.15 bits per heavy atom. The van der Waals surface area contributed by atoms with Crippen LogP contribution in [0.2, 0.25) is 0 Å². The largest absolute Gasteiger partial charge is 0.379 e. The van der Waals surface area contributed by atoms with E-state index in [0.29, 0.717) is 6.61 Å². The van der Waals surface area contributed by atoms with Crippen LogP contribution in [0.3, 0.4) is 0 Å². The van der Waals surface area contributed by atoms with Crippen LogP contribution in [0.25, 0.3) is 0 Å². The minimum Gasteiger partial charge on any atom is -0.379 e. The van der Waals surface area contributed by atoms with Crippen molar-refractivity contribution in [1.29, 1.82) is 0 Å². The SMILES string of the molecule is C=CCCC[C@H](OC)[C@H]1O[C@@H]2OCO[C@@H]2[C@H]1OCC=C. The van der Waals surface area contributed by atoms with E-state index in [9.17, 15) is 0 Å². The van der Waals surface area contributed by atoms with Crippen LogP contribution in [0.15, 0.2) is 25.3 Å². The molecule has 5 heteroatoms. The summed E-state index contributed by atoms with van der Waals surface area (Å²) in [5, 5.41) is 0. The summed E-state index contributed by atoms with van der Waals surface area (Å²) >= 11 is 0. The van der Waals surface area contributed by atoms with Crippen molar-refractivity contribution in [3.05, 3.63) is 25.3 Å². The molecule has 0 amide bonds. The first-order chi connectivity index (χ1) is 9.81. The van der Waals surface area contributed by atoms with Crippen molar-refractivity contribution in [2.24, 2.45) is 0 Å². The Kier molecular flexibility index (Phi) is 6.19. The average molecular weight is 284 g/mol. The summed E-state index contributed by atoms with van der Waals surface area (Å²) in [5.74, 6) is 0. The zero-order valence-corrected chi connectivity index (χ0v) is 12.0. The number of methoxy groups -OCH3 is 1. The third-order valence-electron chi connectivity index (χ3n) is 3.67. The fraction of sp³-hybridized carbons (Fsp3) is 0.733. The summed E-state index contributed by atoms with van der Waals surface area (Å²) in [4.78, 5) is 0. The van der Waals surface area contributed by atoms with Gasteiger partial charge >= 0.3 is 0 Å². The highest BCUT2D eigenvalue weighted by Crippen LogP contribution is 2.34. The second-order valence-electron chi connectivity index (χ2n) is 4.97. The highest BCUT2D eigenvalue weighted by Gasteiger charge is 2.52. The molecule has 2 fully saturated rings. The molecular formula is C15H24O5. The molecule has 20 heavy (non-hydrogen) atoms. The standard InChI is InChI=1S/C15H24O5/c1-4-6-7-8-11(16-3)12-13(17-9-5-2)14-15(20-12)19-10-18-14/h4-5,11-15H,1-2,6-10H2,3H3/t11-,12+,13-,14+,15-/m0/s1. The number of fused-ring (bicyclic) bond motifs is 1. The Balaban J connectivity index is 1.98. The zero-order chi connectivity index (χ0) is 14.4. The number of allylic oxidation sites excluding steroid dienone is 1. The van der Waals surface area contributed by atoms with E-state index in [4.69, 9.17) is 23.7 Å². The summed E-state index contributed by atoms with van der Waals surface area (Å²) < 4.78 is 28.3. The quantitative estimate of drug-likeness (QED) is 0.479. The predicted molar refractivity (Wildman–Crippen MR) is 74.3 cm³/mol. The van der Waals surface area contributed by atoms with Gasteiger partial charge in [-0.2, -0.15) is 0 Å². The summed E-state index contributed by atoms with van der Waals surface area (Å²) in [6, 6.07) is 0. The van der Waals surface area contributed by atoms with Crippen LogP contribution < -0.4 is 0 Å². The first-order valence-electron chi connectivity index (χ1n) is 7.06. The van der Waals surface area contributed by atoms with Crippen LogP contribution in [0.5, 0.6) is 0 Å². The van der Waals surface area contributed by atoms with Gasteiger partial charge in [-0.25, -0.2) is 0 Å². The molecule has 0 saturated carbocycles. The van der Waals surface area contributed by atoms with Crippen LogP contribution in [0, 0.1) is 0 Å². The van der Waals surface area contributed by atoms with E-state index >= 15 is 0 Å². The van der Waals surface area contributed by atoms with Crippen LogP contribution in [0.1, 0.15) is 19.3 Å². The van der Waals surface area contributed by atoms with Crippen molar-refractivity contribution in [2.45, 2.75) is 50.0 Å². The molecule has 5 nitrogen and oxygen atoms in total. The van der Waals surface area contributed by atoms with Gasteiger partial charge in [-0.05, 0) is 19.3 Å². The first-order valence-corrected chi connectivity index (χ1v) is 7.06. The van der Waals surface area contributed by atoms with Crippen molar-refractivity contribution in [3.8, 4) is 0 Å². The van der Waals surface area contributed by atoms with Gasteiger partial charge < -0.3 is 23.7 Å². The maximum atomic E-state index is 5.92. The first kappa shape index (κ1) is 15.7. The van der Waals surface area contributed by atoms with Gasteiger partial charge in [0.15, 0.2) is 13.1 Å². The maximum absolute atomic E-state index is 5.92. The van der Waals surface area contributed by atoms with Crippen molar-refractivity contribution in [3.63, 3.8) is 0 Å². The molecule has 0 radical (unpaired) electrons. The Hall–Kier alpha value is -0.720. The normalized spacial score (nSPS) is 33.9. The molecule has 0 aromatic heterocycles. The molecule has 0 N–H and O–H groups in total. The molecule has 5 atom stereocenters. The van der Waals surface area contributed by atoms with Crippen molar-refractivity contribution in [2.75, 3.05) is 20.5 Å². The van der Waals surface area contributed by atoms with E-state index in [1.165, 1.54) is 0 Å². The van der Waals surface area contributed by atoms with E-state index < -0.39 is 0 Å². The summed E-state index contributed by atoms with van der Waals surface area (Å²) in [6.07, 6.45) is 5.55. The average Bonchev–Trinajstić information content (AvgIpc) is 3.03. The number of hydrogen-bond acceptors (Lipinski definition) is 5. The highest BCUT2D eigenvalue weighted by atomic mass is 16.8. The molecule has 2 aliphatic rings. The molecule has 0 spiro atoms. The third kappa shape index (κ3) is 3.48. The Labute approximate surface area is 120 Å². The fourth-order valence-corrected chi connectivity index (χ4v) is 2.69. The zero-order valence-electron chi connectivity index (χ0n) is 12.0. The van der Waals surface area contributed by atoms with Crippen molar-refractivity contribution in [1.82, 2.24) is 0 Å². The molecule has 2 rings (SSSR count). The lowest BCUT2D eigenvalue weighted by molar-refractivity contribution is -0.166. The van der Waals surface area contributed by atoms with Gasteiger partial charge in [-0.15, -0.1) is 13.2 Å². The number of ether oxygens (including phenoxy) is 5. The van der Waals surface area contributed by atoms with Gasteiger partial charge in [-0.3, -0.25) is 0 Å². The second kappa shape index (κ2) is 7.90. The molecule has 0 aromatic rings. The maximum Gasteiger partial charge on any atom is 0.189 e. The van der Waals surface area contributed by atoms with E-state index in [1.54, 1.807) is 13.2 Å². The van der Waals surface area contributed by atoms with Crippen molar-refractivity contribution >= 4 is 0 Å². The molecule has 114 valence electrons. The summed E-state index contributed by atoms with van der Waals surface area (Å²) in [7, 11) is 1.70. The van der Waals surface area contributed by atoms with E-state index in [1.807, 2.05) is 6.08 Å². The Morgan fingerprint density at radius 1 is 1.30 bits per heavy atom. The van der Waals surface area contributed by atoms with Gasteiger partial charge in [0.05, 0.1) is 12.7 Å². The fourth-order valence-electron chi connectivity index (χ4n) is 2.69. The van der Waals surface area contributed by atoms with E-state index in [-0.39, 0.29) is 37.5 Å². The Morgan fingerprint density at radius 3 is 2.85 bits per heavy atom. The van der Waals surface area contributed by atoms with Gasteiger partial charge in [0, 0.05) is 7.11 Å². The molecule has 2 saturated heterocycles. The summed E-state index contributed by atoms with van der Waals surface area (Å²) in [6.45, 7) is 8.13. The lowest BCUT2D eigenvalue weighted by Crippen LogP contribution is -2.42. The van der Waals surface area contributed by atoms with Gasteiger partial charge in [0.25, 0.3) is 0 Å². The third-order valence-corrected chi connectivity index (χ3v) is 3.67. The molecule has 0 unspecified atom stereocenters. The van der Waals surface area contributed by atoms with Crippen molar-refractivity contribution < 1.29 is 23.7 Å². The molecule has 2 aliphatic heterocycles. The van der Waals surface area contributed by atoms with Crippen LogP contribution in [0.4, 0.5) is 0 Å².